The van der Waals surface area contributed by atoms with Crippen molar-refractivity contribution in [1.29, 1.82) is 5.26 Å². The fourth-order valence-corrected chi connectivity index (χ4v) is 5.47. The molecule has 1 aliphatic heterocycles. The number of unbranched alkanes of at least 4 members (excludes halogenated alkanes) is 1. The average Bonchev–Trinajstić information content (AvgIpc) is 3.47. The first-order valence-electron chi connectivity index (χ1n) is 12.4. The topological polar surface area (TPSA) is 52.0 Å². The first-order chi connectivity index (χ1) is 17.5. The molecule has 5 rings (SSSR count). The van der Waals surface area contributed by atoms with Crippen LogP contribution in [0.4, 0.5) is 4.39 Å². The van der Waals surface area contributed by atoms with E-state index in [1.807, 2.05) is 48.5 Å². The molecule has 4 nitrogen and oxygen atoms in total. The Morgan fingerprint density at radius 1 is 1.08 bits per heavy atom. The van der Waals surface area contributed by atoms with Crippen molar-refractivity contribution in [3.8, 4) is 6.07 Å². The molecule has 1 atom stereocenters. The van der Waals surface area contributed by atoms with Crippen molar-refractivity contribution >= 4 is 22.5 Å². The second-order valence-corrected chi connectivity index (χ2v) is 10.1. The van der Waals surface area contributed by atoms with Gasteiger partial charge in [0.2, 0.25) is 0 Å². The molecular formula is C30H29ClFN3O. The SMILES string of the molecule is CN(CCCCC1(c2ccc(F)cc2)OCc2cc(C#N)ccc21)CCc1c[nH]c2ccc(Cl)cc12. The lowest BCUT2D eigenvalue weighted by Gasteiger charge is -2.31. The molecule has 0 bridgehead atoms. The van der Waals surface area contributed by atoms with Gasteiger partial charge in [0.15, 0.2) is 0 Å². The first-order valence-corrected chi connectivity index (χ1v) is 12.7. The maximum Gasteiger partial charge on any atom is 0.123 e. The minimum Gasteiger partial charge on any atom is -0.361 e. The quantitative estimate of drug-likeness (QED) is 0.252. The van der Waals surface area contributed by atoms with Gasteiger partial charge in [0.1, 0.15) is 11.4 Å². The molecule has 0 radical (unpaired) electrons. The molecule has 1 aliphatic rings. The van der Waals surface area contributed by atoms with Crippen LogP contribution in [0, 0.1) is 17.1 Å². The number of aromatic nitrogens is 1. The summed E-state index contributed by atoms with van der Waals surface area (Å²) in [6.45, 7) is 2.39. The highest BCUT2D eigenvalue weighted by Crippen LogP contribution is 2.45. The van der Waals surface area contributed by atoms with E-state index in [-0.39, 0.29) is 5.82 Å². The van der Waals surface area contributed by atoms with Gasteiger partial charge in [-0.15, -0.1) is 0 Å². The summed E-state index contributed by atoms with van der Waals surface area (Å²) in [6, 6.07) is 20.6. The predicted octanol–water partition coefficient (Wildman–Crippen LogP) is 6.95. The lowest BCUT2D eigenvalue weighted by molar-refractivity contribution is -0.0136. The minimum atomic E-state index is -0.612. The van der Waals surface area contributed by atoms with Gasteiger partial charge in [0.25, 0.3) is 0 Å². The molecule has 4 aromatic rings. The number of H-pyrrole nitrogens is 1. The molecule has 0 spiro atoms. The van der Waals surface area contributed by atoms with E-state index in [9.17, 15) is 9.65 Å². The van der Waals surface area contributed by atoms with E-state index in [1.54, 1.807) is 0 Å². The lowest BCUT2D eigenvalue weighted by atomic mass is 9.81. The molecular weight excluding hydrogens is 473 g/mol. The number of rotatable bonds is 9. The Labute approximate surface area is 216 Å². The van der Waals surface area contributed by atoms with Gasteiger partial charge in [-0.25, -0.2) is 4.39 Å². The molecule has 0 fully saturated rings. The zero-order chi connectivity index (χ0) is 25.1. The van der Waals surface area contributed by atoms with Crippen LogP contribution in [0.1, 0.15) is 47.1 Å². The molecule has 184 valence electrons. The molecule has 0 amide bonds. The summed E-state index contributed by atoms with van der Waals surface area (Å²) >= 11 is 6.19. The number of likely N-dealkylation sites (N-methyl/N-ethyl adjacent to an activating group) is 1. The molecule has 36 heavy (non-hydrogen) atoms. The van der Waals surface area contributed by atoms with Crippen LogP contribution in [0.3, 0.4) is 0 Å². The monoisotopic (exact) mass is 501 g/mol. The molecule has 1 aromatic heterocycles. The van der Waals surface area contributed by atoms with E-state index in [0.29, 0.717) is 12.2 Å². The molecule has 6 heteroatoms. The first kappa shape index (κ1) is 24.5. The van der Waals surface area contributed by atoms with E-state index < -0.39 is 5.60 Å². The van der Waals surface area contributed by atoms with Gasteiger partial charge in [-0.05, 0) is 104 Å². The summed E-state index contributed by atoms with van der Waals surface area (Å²) in [5, 5.41) is 11.2. The van der Waals surface area contributed by atoms with Crippen LogP contribution < -0.4 is 0 Å². The Bertz CT molecular complexity index is 1410. The summed E-state index contributed by atoms with van der Waals surface area (Å²) < 4.78 is 20.1. The zero-order valence-corrected chi connectivity index (χ0v) is 21.1. The van der Waals surface area contributed by atoms with Gasteiger partial charge in [-0.2, -0.15) is 5.26 Å². The number of nitriles is 1. The summed E-state index contributed by atoms with van der Waals surface area (Å²) in [6.07, 6.45) is 5.81. The van der Waals surface area contributed by atoms with Gasteiger partial charge in [0.05, 0.1) is 18.2 Å². The lowest BCUT2D eigenvalue weighted by Crippen LogP contribution is -2.28. The number of halogens is 2. The average molecular weight is 502 g/mol. The van der Waals surface area contributed by atoms with Crippen molar-refractivity contribution in [2.45, 2.75) is 37.9 Å². The predicted molar refractivity (Wildman–Crippen MR) is 141 cm³/mol. The molecule has 0 saturated heterocycles. The van der Waals surface area contributed by atoms with Crippen molar-refractivity contribution in [1.82, 2.24) is 9.88 Å². The second-order valence-electron chi connectivity index (χ2n) is 9.62. The normalized spacial score (nSPS) is 17.0. The van der Waals surface area contributed by atoms with E-state index in [1.165, 1.54) is 23.1 Å². The van der Waals surface area contributed by atoms with Gasteiger partial charge >= 0.3 is 0 Å². The molecule has 2 heterocycles. The molecule has 0 aliphatic carbocycles. The number of aromatic amines is 1. The summed E-state index contributed by atoms with van der Waals surface area (Å²) in [7, 11) is 2.16. The van der Waals surface area contributed by atoms with Crippen LogP contribution in [0.25, 0.3) is 10.9 Å². The third-order valence-corrected chi connectivity index (χ3v) is 7.50. The Morgan fingerprint density at radius 2 is 1.92 bits per heavy atom. The fraction of sp³-hybridized carbons (Fsp3) is 0.300. The van der Waals surface area contributed by atoms with Crippen molar-refractivity contribution in [2.75, 3.05) is 20.1 Å². The highest BCUT2D eigenvalue weighted by atomic mass is 35.5. The Balaban J connectivity index is 1.22. The van der Waals surface area contributed by atoms with Crippen molar-refractivity contribution < 1.29 is 9.13 Å². The van der Waals surface area contributed by atoms with Crippen molar-refractivity contribution in [3.63, 3.8) is 0 Å². The van der Waals surface area contributed by atoms with Crippen LogP contribution in [-0.4, -0.2) is 30.0 Å². The zero-order valence-electron chi connectivity index (χ0n) is 20.4. The third kappa shape index (κ3) is 4.90. The van der Waals surface area contributed by atoms with Crippen LogP contribution in [0.5, 0.6) is 0 Å². The van der Waals surface area contributed by atoms with E-state index >= 15 is 0 Å². The smallest absolute Gasteiger partial charge is 0.123 e. The van der Waals surface area contributed by atoms with Crippen LogP contribution >= 0.6 is 11.6 Å². The van der Waals surface area contributed by atoms with Crippen LogP contribution in [0.15, 0.2) is 66.9 Å². The maximum atomic E-state index is 13.7. The number of fused-ring (bicyclic) bond motifs is 2. The van der Waals surface area contributed by atoms with Gasteiger partial charge < -0.3 is 14.6 Å². The van der Waals surface area contributed by atoms with Crippen LogP contribution in [0.2, 0.25) is 5.02 Å². The Hall–Kier alpha value is -3.17. The fourth-order valence-electron chi connectivity index (χ4n) is 5.30. The van der Waals surface area contributed by atoms with Crippen molar-refractivity contribution in [2.24, 2.45) is 0 Å². The molecule has 1 unspecified atom stereocenters. The summed E-state index contributed by atoms with van der Waals surface area (Å²) in [5.41, 5.74) is 5.49. The highest BCUT2D eigenvalue weighted by Gasteiger charge is 2.41. The number of ether oxygens (including phenoxy) is 1. The molecule has 1 N–H and O–H groups in total. The summed E-state index contributed by atoms with van der Waals surface area (Å²) in [5.74, 6) is -0.258. The minimum absolute atomic E-state index is 0.258. The maximum absolute atomic E-state index is 13.7. The van der Waals surface area contributed by atoms with Gasteiger partial charge in [0, 0.05) is 28.7 Å². The Morgan fingerprint density at radius 3 is 2.72 bits per heavy atom. The van der Waals surface area contributed by atoms with Crippen LogP contribution in [-0.2, 0) is 23.4 Å². The Kier molecular flexibility index (Phi) is 7.11. The molecule has 3 aromatic carbocycles. The van der Waals surface area contributed by atoms with E-state index in [0.717, 1.165) is 66.0 Å². The largest absolute Gasteiger partial charge is 0.361 e. The van der Waals surface area contributed by atoms with E-state index in [2.05, 4.69) is 29.2 Å². The molecule has 0 saturated carbocycles. The number of nitrogens with one attached hydrogen (secondary N) is 1. The van der Waals surface area contributed by atoms with E-state index in [4.69, 9.17) is 16.3 Å². The standard InChI is InChI=1S/C30H29ClFN3O/c1-35(15-12-22-19-34-29-11-7-25(31)17-27(22)29)14-3-2-13-30(24-5-8-26(32)9-6-24)28-10-4-21(18-33)16-23(28)20-36-30/h4-11,16-17,19,34H,2-3,12-15,20H2,1H3. The number of hydrogen-bond donors (Lipinski definition) is 1. The number of benzene rings is 3. The van der Waals surface area contributed by atoms with Gasteiger partial charge in [-0.3, -0.25) is 0 Å². The van der Waals surface area contributed by atoms with Gasteiger partial charge in [-0.1, -0.05) is 29.8 Å². The number of nitrogens with zero attached hydrogens (tertiary/aromatic N) is 2. The third-order valence-electron chi connectivity index (χ3n) is 7.27. The van der Waals surface area contributed by atoms with Crippen molar-refractivity contribution in [3.05, 3.63) is 106 Å². The highest BCUT2D eigenvalue weighted by molar-refractivity contribution is 6.31. The second kappa shape index (κ2) is 10.4. The number of hydrogen-bond acceptors (Lipinski definition) is 3. The summed E-state index contributed by atoms with van der Waals surface area (Å²) in [4.78, 5) is 5.69.